The number of benzene rings is 2. The molecule has 1 aromatic heterocycles. The lowest BCUT2D eigenvalue weighted by molar-refractivity contribution is -0.130. The summed E-state index contributed by atoms with van der Waals surface area (Å²) in [5.41, 5.74) is 5.03. The van der Waals surface area contributed by atoms with Crippen molar-refractivity contribution >= 4 is 22.8 Å². The Morgan fingerprint density at radius 1 is 1.04 bits per heavy atom. The molecule has 138 valence electrons. The number of hydrogen-bond acceptors (Lipinski definition) is 5. The highest BCUT2D eigenvalue weighted by Crippen LogP contribution is 2.10. The first-order valence-electron chi connectivity index (χ1n) is 7.93. The summed E-state index contributed by atoms with van der Waals surface area (Å²) in [6, 6.07) is 12.0. The number of carbonyl (C=O) groups excluding carboxylic acids is 2. The number of ether oxygens (including phenoxy) is 1. The van der Waals surface area contributed by atoms with E-state index < -0.39 is 23.2 Å². The molecule has 2 N–H and O–H groups in total. The van der Waals surface area contributed by atoms with Crippen LogP contribution in [0.2, 0.25) is 0 Å². The summed E-state index contributed by atoms with van der Waals surface area (Å²) < 4.78 is 19.2. The fourth-order valence-electron chi connectivity index (χ4n) is 2.32. The van der Waals surface area contributed by atoms with Crippen LogP contribution in [0.15, 0.2) is 59.5 Å². The molecular formula is C18H15FN4O4. The molecule has 0 atom stereocenters. The van der Waals surface area contributed by atoms with Crippen LogP contribution in [-0.2, 0) is 16.1 Å². The van der Waals surface area contributed by atoms with Gasteiger partial charge in [0, 0.05) is 0 Å². The van der Waals surface area contributed by atoms with Gasteiger partial charge in [0.1, 0.15) is 18.1 Å². The minimum atomic E-state index is -0.611. The number of carbonyl (C=O) groups is 2. The highest BCUT2D eigenvalue weighted by atomic mass is 19.1. The van der Waals surface area contributed by atoms with Gasteiger partial charge in [-0.05, 0) is 36.4 Å². The zero-order chi connectivity index (χ0) is 19.2. The molecule has 2 amide bonds. The van der Waals surface area contributed by atoms with Crippen LogP contribution in [0.5, 0.6) is 5.75 Å². The van der Waals surface area contributed by atoms with Crippen molar-refractivity contribution in [3.8, 4) is 5.75 Å². The predicted octanol–water partition coefficient (Wildman–Crippen LogP) is 0.762. The quantitative estimate of drug-likeness (QED) is 0.646. The Labute approximate surface area is 152 Å². The SMILES string of the molecule is O=C(COc1ccc(F)cc1)NNC(=O)Cn1c(=O)cnc2ccccc21. The Balaban J connectivity index is 1.54. The standard InChI is InChI=1S/C18H15FN4O4/c19-12-5-7-13(8-6-12)27-11-17(25)22-21-16(24)10-23-15-4-2-1-3-14(15)20-9-18(23)26/h1-9H,10-11H2,(H,21,24)(H,22,25). The molecule has 0 spiro atoms. The lowest BCUT2D eigenvalue weighted by Gasteiger charge is -2.11. The van der Waals surface area contributed by atoms with E-state index in [2.05, 4.69) is 15.8 Å². The van der Waals surface area contributed by atoms with Crippen molar-refractivity contribution in [3.63, 3.8) is 0 Å². The first-order valence-corrected chi connectivity index (χ1v) is 7.93. The van der Waals surface area contributed by atoms with Gasteiger partial charge in [-0.25, -0.2) is 9.37 Å². The van der Waals surface area contributed by atoms with Gasteiger partial charge < -0.3 is 4.74 Å². The lowest BCUT2D eigenvalue weighted by atomic mass is 10.3. The molecular weight excluding hydrogens is 355 g/mol. The third kappa shape index (κ3) is 4.66. The summed E-state index contributed by atoms with van der Waals surface area (Å²) >= 11 is 0. The summed E-state index contributed by atoms with van der Waals surface area (Å²) in [5.74, 6) is -1.31. The molecule has 8 nitrogen and oxygen atoms in total. The first-order chi connectivity index (χ1) is 13.0. The van der Waals surface area contributed by atoms with Crippen LogP contribution < -0.4 is 21.1 Å². The van der Waals surface area contributed by atoms with Crippen LogP contribution in [0.4, 0.5) is 4.39 Å². The van der Waals surface area contributed by atoms with Crippen molar-refractivity contribution in [2.24, 2.45) is 0 Å². The summed E-state index contributed by atoms with van der Waals surface area (Å²) in [7, 11) is 0. The number of fused-ring (bicyclic) bond motifs is 1. The van der Waals surface area contributed by atoms with E-state index in [1.54, 1.807) is 24.3 Å². The van der Waals surface area contributed by atoms with Gasteiger partial charge in [-0.3, -0.25) is 29.8 Å². The average Bonchev–Trinajstić information content (AvgIpc) is 2.68. The molecule has 9 heteroatoms. The van der Waals surface area contributed by atoms with Gasteiger partial charge in [0.2, 0.25) is 0 Å². The van der Waals surface area contributed by atoms with Crippen LogP contribution in [0.1, 0.15) is 0 Å². The molecule has 3 rings (SSSR count). The molecule has 3 aromatic rings. The number of nitrogens with one attached hydrogen (secondary N) is 2. The number of halogens is 1. The maximum Gasteiger partial charge on any atom is 0.276 e. The fourth-order valence-corrected chi connectivity index (χ4v) is 2.32. The van der Waals surface area contributed by atoms with Gasteiger partial charge in [0.25, 0.3) is 17.4 Å². The number of rotatable bonds is 5. The normalized spacial score (nSPS) is 10.4. The number of hydrazine groups is 1. The molecule has 2 aromatic carbocycles. The van der Waals surface area contributed by atoms with E-state index in [0.717, 1.165) is 6.20 Å². The lowest BCUT2D eigenvalue weighted by Crippen LogP contribution is -2.46. The van der Waals surface area contributed by atoms with Gasteiger partial charge in [-0.2, -0.15) is 0 Å². The second-order valence-electron chi connectivity index (χ2n) is 5.51. The van der Waals surface area contributed by atoms with Gasteiger partial charge in [0.15, 0.2) is 6.61 Å². The topological polar surface area (TPSA) is 102 Å². The van der Waals surface area contributed by atoms with Crippen molar-refractivity contribution in [1.29, 1.82) is 0 Å². The van der Waals surface area contributed by atoms with E-state index in [0.29, 0.717) is 16.8 Å². The maximum absolute atomic E-state index is 12.8. The van der Waals surface area contributed by atoms with E-state index in [1.807, 2.05) is 0 Å². The van der Waals surface area contributed by atoms with Gasteiger partial charge >= 0.3 is 0 Å². The Kier molecular flexibility index (Phi) is 5.41. The first kappa shape index (κ1) is 18.1. The second-order valence-corrected chi connectivity index (χ2v) is 5.51. The molecule has 0 aliphatic heterocycles. The van der Waals surface area contributed by atoms with E-state index in [9.17, 15) is 18.8 Å². The molecule has 0 fully saturated rings. The van der Waals surface area contributed by atoms with E-state index in [1.165, 1.54) is 28.8 Å². The molecule has 0 saturated heterocycles. The van der Waals surface area contributed by atoms with Crippen molar-refractivity contribution in [2.75, 3.05) is 6.61 Å². The highest BCUT2D eigenvalue weighted by Gasteiger charge is 2.10. The zero-order valence-electron chi connectivity index (χ0n) is 14.0. The number of amides is 2. The third-order valence-electron chi connectivity index (χ3n) is 3.58. The number of hydrogen-bond donors (Lipinski definition) is 2. The monoisotopic (exact) mass is 370 g/mol. The largest absolute Gasteiger partial charge is 0.484 e. The number of aromatic nitrogens is 2. The number of nitrogens with zero attached hydrogens (tertiary/aromatic N) is 2. The molecule has 0 saturated carbocycles. The summed E-state index contributed by atoms with van der Waals surface area (Å²) in [5, 5.41) is 0. The van der Waals surface area contributed by atoms with Crippen molar-refractivity contribution in [1.82, 2.24) is 20.4 Å². The molecule has 1 heterocycles. The number of para-hydroxylation sites is 2. The van der Waals surface area contributed by atoms with E-state index >= 15 is 0 Å². The predicted molar refractivity (Wildman–Crippen MR) is 94.2 cm³/mol. The Morgan fingerprint density at radius 2 is 1.74 bits per heavy atom. The Bertz CT molecular complexity index is 1030. The third-order valence-corrected chi connectivity index (χ3v) is 3.58. The summed E-state index contributed by atoms with van der Waals surface area (Å²) in [4.78, 5) is 39.7. The van der Waals surface area contributed by atoms with Crippen LogP contribution in [-0.4, -0.2) is 28.0 Å². The van der Waals surface area contributed by atoms with E-state index in [4.69, 9.17) is 4.74 Å². The highest BCUT2D eigenvalue weighted by molar-refractivity contribution is 5.83. The molecule has 0 aliphatic carbocycles. The summed E-state index contributed by atoms with van der Waals surface area (Å²) in [6.07, 6.45) is 1.13. The second kappa shape index (κ2) is 8.09. The smallest absolute Gasteiger partial charge is 0.276 e. The molecule has 0 bridgehead atoms. The van der Waals surface area contributed by atoms with Gasteiger partial charge in [-0.1, -0.05) is 12.1 Å². The fraction of sp³-hybridized carbons (Fsp3) is 0.111. The maximum atomic E-state index is 12.8. The van der Waals surface area contributed by atoms with Crippen LogP contribution in [0.3, 0.4) is 0 Å². The van der Waals surface area contributed by atoms with Crippen molar-refractivity contribution in [3.05, 3.63) is 70.9 Å². The van der Waals surface area contributed by atoms with Gasteiger partial charge in [-0.15, -0.1) is 0 Å². The Morgan fingerprint density at radius 3 is 2.52 bits per heavy atom. The van der Waals surface area contributed by atoms with Gasteiger partial charge in [0.05, 0.1) is 17.2 Å². The van der Waals surface area contributed by atoms with Crippen LogP contribution >= 0.6 is 0 Å². The molecule has 0 aliphatic rings. The average molecular weight is 370 g/mol. The zero-order valence-corrected chi connectivity index (χ0v) is 14.0. The summed E-state index contributed by atoms with van der Waals surface area (Å²) in [6.45, 7) is -0.662. The van der Waals surface area contributed by atoms with Crippen LogP contribution in [0, 0.1) is 5.82 Å². The Hall–Kier alpha value is -3.75. The molecule has 0 radical (unpaired) electrons. The molecule has 0 unspecified atom stereocenters. The minimum absolute atomic E-state index is 0.291. The van der Waals surface area contributed by atoms with Crippen molar-refractivity contribution < 1.29 is 18.7 Å². The molecule has 27 heavy (non-hydrogen) atoms. The van der Waals surface area contributed by atoms with Crippen LogP contribution in [0.25, 0.3) is 11.0 Å². The van der Waals surface area contributed by atoms with E-state index in [-0.39, 0.29) is 13.2 Å². The van der Waals surface area contributed by atoms with Crippen molar-refractivity contribution in [2.45, 2.75) is 6.54 Å². The minimum Gasteiger partial charge on any atom is -0.484 e.